The van der Waals surface area contributed by atoms with E-state index in [-0.39, 0.29) is 11.5 Å². The van der Waals surface area contributed by atoms with Gasteiger partial charge in [0.2, 0.25) is 0 Å². The summed E-state index contributed by atoms with van der Waals surface area (Å²) in [5, 5.41) is 12.1. The van der Waals surface area contributed by atoms with E-state index in [2.05, 4.69) is 27.7 Å². The van der Waals surface area contributed by atoms with E-state index in [4.69, 9.17) is 4.74 Å². The lowest BCUT2D eigenvalue weighted by atomic mass is 9.84. The zero-order valence-electron chi connectivity index (χ0n) is 11.9. The molecule has 2 atom stereocenters. The Bertz CT molecular complexity index is 172. The predicted molar refractivity (Wildman–Crippen MR) is 67.8 cm³/mol. The molecule has 2 unspecified atom stereocenters. The fourth-order valence-electron chi connectivity index (χ4n) is 2.01. The molecule has 0 spiro atoms. The van der Waals surface area contributed by atoms with Crippen molar-refractivity contribution in [3.05, 3.63) is 0 Å². The molecule has 1 radical (unpaired) electrons. The molecule has 0 aliphatic rings. The Balaban J connectivity index is 4.37. The van der Waals surface area contributed by atoms with Crippen LogP contribution in [0.3, 0.4) is 0 Å². The third kappa shape index (κ3) is 4.06. The summed E-state index contributed by atoms with van der Waals surface area (Å²) in [7, 11) is 0. The molecule has 2 heteroatoms. The molecule has 0 aliphatic heterocycles. The van der Waals surface area contributed by atoms with E-state index >= 15 is 0 Å². The molecule has 0 aromatic carbocycles. The minimum absolute atomic E-state index is 0.0786. The van der Waals surface area contributed by atoms with E-state index in [1.165, 1.54) is 0 Å². The highest BCUT2D eigenvalue weighted by molar-refractivity contribution is 4.75. The van der Waals surface area contributed by atoms with Gasteiger partial charge in [-0.15, -0.1) is 0 Å². The van der Waals surface area contributed by atoms with Crippen molar-refractivity contribution >= 4 is 0 Å². The summed E-state index contributed by atoms with van der Waals surface area (Å²) in [6.07, 6.45) is 3.12. The first kappa shape index (κ1) is 15.9. The van der Waals surface area contributed by atoms with Gasteiger partial charge in [-0.2, -0.15) is 0 Å². The lowest BCUT2D eigenvalue weighted by Crippen LogP contribution is -2.37. The Kier molecular flexibility index (Phi) is 7.25. The highest BCUT2D eigenvalue weighted by Crippen LogP contribution is 2.32. The third-order valence-corrected chi connectivity index (χ3v) is 4.24. The van der Waals surface area contributed by atoms with Crippen molar-refractivity contribution in [3.63, 3.8) is 0 Å². The molecule has 0 aliphatic carbocycles. The molecule has 16 heavy (non-hydrogen) atoms. The smallest absolute Gasteiger partial charge is 0.196 e. The average Bonchev–Trinajstić information content (AvgIpc) is 2.29. The lowest BCUT2D eigenvalue weighted by Gasteiger charge is -2.34. The molecule has 0 saturated heterocycles. The molecule has 97 valence electrons. The van der Waals surface area contributed by atoms with E-state index in [0.717, 1.165) is 25.7 Å². The fourth-order valence-corrected chi connectivity index (χ4v) is 2.01. The van der Waals surface area contributed by atoms with Crippen LogP contribution in [0, 0.1) is 11.3 Å². The van der Waals surface area contributed by atoms with Crippen LogP contribution in [0.15, 0.2) is 0 Å². The minimum atomic E-state index is -0.891. The zero-order chi connectivity index (χ0) is 12.8. The zero-order valence-corrected chi connectivity index (χ0v) is 11.9. The van der Waals surface area contributed by atoms with Gasteiger partial charge in [0.05, 0.1) is 6.10 Å². The van der Waals surface area contributed by atoms with Gasteiger partial charge in [-0.05, 0) is 25.7 Å². The number of rotatable bonds is 8. The van der Waals surface area contributed by atoms with E-state index in [1.807, 2.05) is 13.8 Å². The van der Waals surface area contributed by atoms with Gasteiger partial charge < -0.3 is 4.74 Å². The first-order chi connectivity index (χ1) is 7.45. The number of hydrogen-bond donors (Lipinski definition) is 0. The summed E-state index contributed by atoms with van der Waals surface area (Å²) >= 11 is 0. The molecule has 2 nitrogen and oxygen atoms in total. The average molecular weight is 229 g/mol. The van der Waals surface area contributed by atoms with Crippen LogP contribution in [0.2, 0.25) is 0 Å². The van der Waals surface area contributed by atoms with Gasteiger partial charge in [0.1, 0.15) is 0 Å². The first-order valence-corrected chi connectivity index (χ1v) is 6.76. The third-order valence-electron chi connectivity index (χ3n) is 4.24. The maximum Gasteiger partial charge on any atom is 0.196 e. The van der Waals surface area contributed by atoms with Crippen molar-refractivity contribution in [1.82, 2.24) is 0 Å². The second-order valence-electron chi connectivity index (χ2n) is 5.11. The quantitative estimate of drug-likeness (QED) is 0.567. The van der Waals surface area contributed by atoms with Gasteiger partial charge in [-0.3, -0.25) is 0 Å². The van der Waals surface area contributed by atoms with Crippen LogP contribution >= 0.6 is 0 Å². The monoisotopic (exact) mass is 229 g/mol. The molecule has 0 heterocycles. The van der Waals surface area contributed by atoms with Gasteiger partial charge in [-0.25, -0.2) is 5.11 Å². The van der Waals surface area contributed by atoms with Gasteiger partial charge in [0.25, 0.3) is 0 Å². The largest absolute Gasteiger partial charge is 0.346 e. The van der Waals surface area contributed by atoms with Crippen LogP contribution in [0.1, 0.15) is 67.2 Å². The Morgan fingerprint density at radius 1 is 1.06 bits per heavy atom. The van der Waals surface area contributed by atoms with Crippen molar-refractivity contribution in [1.29, 1.82) is 0 Å². The van der Waals surface area contributed by atoms with Gasteiger partial charge in [0, 0.05) is 5.41 Å². The van der Waals surface area contributed by atoms with Crippen LogP contribution < -0.4 is 0 Å². The molecule has 0 saturated carbocycles. The molecule has 0 N–H and O–H groups in total. The van der Waals surface area contributed by atoms with E-state index < -0.39 is 6.29 Å². The highest BCUT2D eigenvalue weighted by atomic mass is 16.6. The second-order valence-corrected chi connectivity index (χ2v) is 5.11. The maximum absolute atomic E-state index is 12.1. The molecule has 0 bridgehead atoms. The summed E-state index contributed by atoms with van der Waals surface area (Å²) in [5.41, 5.74) is -0.222. The number of ether oxygens (including phenoxy) is 1. The topological polar surface area (TPSA) is 29.1 Å². The van der Waals surface area contributed by atoms with Crippen LogP contribution in [-0.4, -0.2) is 12.4 Å². The van der Waals surface area contributed by atoms with Gasteiger partial charge in [0.15, 0.2) is 6.29 Å². The minimum Gasteiger partial charge on any atom is -0.346 e. The fraction of sp³-hybridized carbons (Fsp3) is 1.00. The van der Waals surface area contributed by atoms with E-state index in [9.17, 15) is 5.11 Å². The van der Waals surface area contributed by atoms with Crippen LogP contribution in [0.5, 0.6) is 0 Å². The standard InChI is InChI=1S/C14H29O2/c1-7-12(8-2)11(5)16-13(15)14(6,9-3)10-4/h11-13H,7-10H2,1-6H3. The molecule has 0 rings (SSSR count). The second kappa shape index (κ2) is 7.29. The van der Waals surface area contributed by atoms with Crippen LogP contribution in [-0.2, 0) is 9.84 Å². The highest BCUT2D eigenvalue weighted by Gasteiger charge is 2.33. The normalized spacial score (nSPS) is 16.5. The van der Waals surface area contributed by atoms with Gasteiger partial charge in [-0.1, -0.05) is 47.5 Å². The summed E-state index contributed by atoms with van der Waals surface area (Å²) in [4.78, 5) is 0. The van der Waals surface area contributed by atoms with Crippen LogP contribution in [0.4, 0.5) is 0 Å². The number of hydrogen-bond acceptors (Lipinski definition) is 1. The Morgan fingerprint density at radius 2 is 1.50 bits per heavy atom. The lowest BCUT2D eigenvalue weighted by molar-refractivity contribution is -0.235. The molecule has 0 fully saturated rings. The predicted octanol–water partition coefficient (Wildman–Crippen LogP) is 4.41. The van der Waals surface area contributed by atoms with Crippen molar-refractivity contribution in [2.75, 3.05) is 0 Å². The summed E-state index contributed by atoms with van der Waals surface area (Å²) in [5.74, 6) is 0.509. The van der Waals surface area contributed by atoms with Crippen molar-refractivity contribution in [2.24, 2.45) is 11.3 Å². The van der Waals surface area contributed by atoms with Crippen LogP contribution in [0.25, 0.3) is 0 Å². The van der Waals surface area contributed by atoms with E-state index in [1.54, 1.807) is 0 Å². The van der Waals surface area contributed by atoms with Crippen molar-refractivity contribution < 1.29 is 9.84 Å². The summed E-state index contributed by atoms with van der Waals surface area (Å²) < 4.78 is 5.69. The molecular weight excluding hydrogens is 200 g/mol. The summed E-state index contributed by atoms with van der Waals surface area (Å²) in [6, 6.07) is 0. The molecule has 0 aromatic heterocycles. The Morgan fingerprint density at radius 3 is 1.81 bits per heavy atom. The summed E-state index contributed by atoms with van der Waals surface area (Å²) in [6.45, 7) is 12.5. The molecule has 0 aromatic rings. The van der Waals surface area contributed by atoms with Gasteiger partial charge >= 0.3 is 0 Å². The SMILES string of the molecule is CCC(CC)C(C)OC([O])C(C)(CC)CC. The van der Waals surface area contributed by atoms with Crippen molar-refractivity contribution in [3.8, 4) is 0 Å². The maximum atomic E-state index is 12.1. The Labute approximate surface area is 101 Å². The molecular formula is C14H29O2. The first-order valence-electron chi connectivity index (χ1n) is 6.76. The molecule has 0 amide bonds. The van der Waals surface area contributed by atoms with Crippen molar-refractivity contribution in [2.45, 2.75) is 79.6 Å². The van der Waals surface area contributed by atoms with E-state index in [0.29, 0.717) is 5.92 Å². The Hall–Kier alpha value is -0.0800.